The molecule has 1 saturated carbocycles. The lowest BCUT2D eigenvalue weighted by Gasteiger charge is -2.25. The number of benzene rings is 2. The lowest BCUT2D eigenvalue weighted by molar-refractivity contribution is -0.137. The third-order valence-corrected chi connectivity index (χ3v) is 7.70. The zero-order valence-corrected chi connectivity index (χ0v) is 20.5. The van der Waals surface area contributed by atoms with E-state index in [-0.39, 0.29) is 12.4 Å². The molecule has 0 spiro atoms. The number of para-hydroxylation sites is 3. The summed E-state index contributed by atoms with van der Waals surface area (Å²) >= 11 is 1.83. The molecule has 1 N–H and O–H groups in total. The predicted octanol–water partition coefficient (Wildman–Crippen LogP) is 4.64. The molecule has 2 amide bonds. The Hall–Kier alpha value is -3.46. The van der Waals surface area contributed by atoms with E-state index >= 15 is 0 Å². The van der Waals surface area contributed by atoms with E-state index in [1.165, 1.54) is 32.1 Å². The second-order valence-electron chi connectivity index (χ2n) is 8.83. The van der Waals surface area contributed by atoms with Crippen molar-refractivity contribution >= 4 is 40.5 Å². The molecule has 8 nitrogen and oxygen atoms in total. The van der Waals surface area contributed by atoms with Crippen LogP contribution in [0.5, 0.6) is 11.5 Å². The SMILES string of the molecule is O=C(COC(=O)c1oc2ccccc2c1CSC1CCCCC1)NC(=O)C1COc2ccccc2O1. The van der Waals surface area contributed by atoms with Crippen molar-refractivity contribution in [1.29, 1.82) is 0 Å². The lowest BCUT2D eigenvalue weighted by atomic mass is 10.0. The fraction of sp³-hybridized carbons (Fsp3) is 0.370. The average Bonchev–Trinajstić information content (AvgIpc) is 3.29. The van der Waals surface area contributed by atoms with Gasteiger partial charge < -0.3 is 18.6 Å². The first-order chi connectivity index (χ1) is 17.6. The number of rotatable bonds is 7. The monoisotopic (exact) mass is 509 g/mol. The maximum Gasteiger partial charge on any atom is 0.375 e. The predicted molar refractivity (Wildman–Crippen MR) is 134 cm³/mol. The van der Waals surface area contributed by atoms with Crippen molar-refractivity contribution in [3.8, 4) is 11.5 Å². The van der Waals surface area contributed by atoms with Crippen LogP contribution in [0.1, 0.15) is 48.2 Å². The minimum absolute atomic E-state index is 0.0308. The van der Waals surface area contributed by atoms with Crippen LogP contribution in [-0.2, 0) is 20.1 Å². The Kier molecular flexibility index (Phi) is 7.46. The number of furan rings is 1. The standard InChI is InChI=1S/C27H27NO7S/c29-24(28-26(30)23-14-32-21-12-6-7-13-22(21)34-23)15-33-27(31)25-19(16-36-17-8-2-1-3-9-17)18-10-4-5-11-20(18)35-25/h4-7,10-13,17,23H,1-3,8-9,14-16H2,(H,28,29,30). The largest absolute Gasteiger partial charge is 0.485 e. The molecular weight excluding hydrogens is 482 g/mol. The summed E-state index contributed by atoms with van der Waals surface area (Å²) < 4.78 is 22.1. The van der Waals surface area contributed by atoms with Crippen LogP contribution in [0.3, 0.4) is 0 Å². The van der Waals surface area contributed by atoms with Gasteiger partial charge in [-0.05, 0) is 31.0 Å². The molecule has 188 valence electrons. The van der Waals surface area contributed by atoms with E-state index in [0.717, 1.165) is 10.9 Å². The first-order valence-corrected chi connectivity index (χ1v) is 13.1. The topological polar surface area (TPSA) is 104 Å². The highest BCUT2D eigenvalue weighted by molar-refractivity contribution is 7.99. The van der Waals surface area contributed by atoms with Crippen molar-refractivity contribution in [1.82, 2.24) is 5.32 Å². The second kappa shape index (κ2) is 11.1. The van der Waals surface area contributed by atoms with Crippen molar-refractivity contribution in [3.63, 3.8) is 0 Å². The molecular formula is C27H27NO7S. The molecule has 1 aromatic heterocycles. The maximum absolute atomic E-state index is 12.9. The summed E-state index contributed by atoms with van der Waals surface area (Å²) in [5.41, 5.74) is 1.37. The van der Waals surface area contributed by atoms with Crippen LogP contribution < -0.4 is 14.8 Å². The second-order valence-corrected chi connectivity index (χ2v) is 10.1. The van der Waals surface area contributed by atoms with Crippen molar-refractivity contribution in [2.45, 2.75) is 49.2 Å². The van der Waals surface area contributed by atoms with E-state index in [0.29, 0.717) is 28.1 Å². The Morgan fingerprint density at radius 2 is 1.72 bits per heavy atom. The Balaban J connectivity index is 1.19. The van der Waals surface area contributed by atoms with Crippen LogP contribution in [0.4, 0.5) is 0 Å². The van der Waals surface area contributed by atoms with Gasteiger partial charge in [-0.25, -0.2) is 4.79 Å². The van der Waals surface area contributed by atoms with Gasteiger partial charge in [-0.3, -0.25) is 14.9 Å². The molecule has 1 fully saturated rings. The quantitative estimate of drug-likeness (QED) is 0.460. The van der Waals surface area contributed by atoms with Crippen LogP contribution in [0, 0.1) is 0 Å². The molecule has 0 radical (unpaired) electrons. The van der Waals surface area contributed by atoms with Gasteiger partial charge in [0.15, 0.2) is 18.1 Å². The normalized spacial score (nSPS) is 17.5. The summed E-state index contributed by atoms with van der Waals surface area (Å²) in [6.07, 6.45) is 5.11. The molecule has 1 aliphatic heterocycles. The molecule has 36 heavy (non-hydrogen) atoms. The molecule has 1 unspecified atom stereocenters. The van der Waals surface area contributed by atoms with Gasteiger partial charge in [0, 0.05) is 22.0 Å². The van der Waals surface area contributed by atoms with Crippen LogP contribution in [0.15, 0.2) is 52.9 Å². The van der Waals surface area contributed by atoms with Crippen LogP contribution in [0.25, 0.3) is 11.0 Å². The number of ether oxygens (including phenoxy) is 3. The maximum atomic E-state index is 12.9. The van der Waals surface area contributed by atoms with E-state index in [2.05, 4.69) is 5.32 Å². The highest BCUT2D eigenvalue weighted by Gasteiger charge is 2.29. The molecule has 2 aromatic carbocycles. The first kappa shape index (κ1) is 24.2. The van der Waals surface area contributed by atoms with Crippen LogP contribution in [-0.4, -0.2) is 42.4 Å². The molecule has 5 rings (SSSR count). The van der Waals surface area contributed by atoms with Crippen molar-refractivity contribution in [2.75, 3.05) is 13.2 Å². The smallest absolute Gasteiger partial charge is 0.375 e. The Labute approximate surface area is 212 Å². The number of amides is 2. The van der Waals surface area contributed by atoms with E-state index in [1.807, 2.05) is 30.0 Å². The summed E-state index contributed by atoms with van der Waals surface area (Å²) in [7, 11) is 0. The number of thioether (sulfide) groups is 1. The molecule has 2 heterocycles. The van der Waals surface area contributed by atoms with Gasteiger partial charge >= 0.3 is 5.97 Å². The Morgan fingerprint density at radius 3 is 2.56 bits per heavy atom. The molecule has 1 atom stereocenters. The third kappa shape index (κ3) is 5.51. The first-order valence-electron chi connectivity index (χ1n) is 12.1. The Bertz CT molecular complexity index is 1260. The minimum atomic E-state index is -0.988. The molecule has 2 aliphatic rings. The molecule has 0 bridgehead atoms. The number of imide groups is 1. The van der Waals surface area contributed by atoms with E-state index in [1.54, 1.807) is 30.3 Å². The number of carbonyl (C=O) groups excluding carboxylic acids is 3. The molecule has 9 heteroatoms. The zero-order chi connectivity index (χ0) is 24.9. The number of carbonyl (C=O) groups is 3. The highest BCUT2D eigenvalue weighted by Crippen LogP contribution is 2.35. The summed E-state index contributed by atoms with van der Waals surface area (Å²) in [4.78, 5) is 37.6. The third-order valence-electron chi connectivity index (χ3n) is 6.30. The lowest BCUT2D eigenvalue weighted by Crippen LogP contribution is -2.47. The van der Waals surface area contributed by atoms with Crippen LogP contribution in [0.2, 0.25) is 0 Å². The molecule has 1 aliphatic carbocycles. The van der Waals surface area contributed by atoms with Gasteiger partial charge in [-0.15, -0.1) is 0 Å². The number of fused-ring (bicyclic) bond motifs is 2. The van der Waals surface area contributed by atoms with Gasteiger partial charge in [0.2, 0.25) is 11.9 Å². The van der Waals surface area contributed by atoms with Gasteiger partial charge in [0.05, 0.1) is 0 Å². The fourth-order valence-electron chi connectivity index (χ4n) is 4.44. The van der Waals surface area contributed by atoms with Gasteiger partial charge in [0.1, 0.15) is 12.2 Å². The summed E-state index contributed by atoms with van der Waals surface area (Å²) in [6.45, 7) is -0.655. The van der Waals surface area contributed by atoms with E-state index < -0.39 is 30.5 Å². The van der Waals surface area contributed by atoms with Gasteiger partial charge in [-0.2, -0.15) is 11.8 Å². The van der Waals surface area contributed by atoms with Crippen molar-refractivity contribution in [2.24, 2.45) is 0 Å². The number of nitrogens with one attached hydrogen (secondary N) is 1. The van der Waals surface area contributed by atoms with E-state index in [4.69, 9.17) is 18.6 Å². The van der Waals surface area contributed by atoms with Crippen molar-refractivity contribution in [3.05, 3.63) is 59.9 Å². The summed E-state index contributed by atoms with van der Waals surface area (Å²) in [5, 5.41) is 3.63. The zero-order valence-electron chi connectivity index (χ0n) is 19.7. The average molecular weight is 510 g/mol. The number of hydrogen-bond donors (Lipinski definition) is 1. The van der Waals surface area contributed by atoms with E-state index in [9.17, 15) is 14.4 Å². The number of hydrogen-bond acceptors (Lipinski definition) is 8. The summed E-state index contributed by atoms with van der Waals surface area (Å²) in [5.74, 6) is -0.490. The fourth-order valence-corrected chi connectivity index (χ4v) is 5.79. The molecule has 3 aromatic rings. The minimum Gasteiger partial charge on any atom is -0.485 e. The van der Waals surface area contributed by atoms with Gasteiger partial charge in [0.25, 0.3) is 11.8 Å². The van der Waals surface area contributed by atoms with Crippen LogP contribution >= 0.6 is 11.8 Å². The van der Waals surface area contributed by atoms with Crippen molar-refractivity contribution < 1.29 is 33.0 Å². The summed E-state index contributed by atoms with van der Waals surface area (Å²) in [6, 6.07) is 14.4. The Morgan fingerprint density at radius 1 is 0.972 bits per heavy atom. The molecule has 0 saturated heterocycles. The number of esters is 1. The highest BCUT2D eigenvalue weighted by atomic mass is 32.2. The van der Waals surface area contributed by atoms with Gasteiger partial charge in [-0.1, -0.05) is 49.6 Å².